The fourth-order valence-corrected chi connectivity index (χ4v) is 5.32. The first kappa shape index (κ1) is 28.2. The first-order valence-electron chi connectivity index (χ1n) is 11.8. The molecule has 4 rings (SSSR count). The van der Waals surface area contributed by atoms with Gasteiger partial charge < -0.3 is 9.64 Å². The molecular formula is C25H24F4N4O5S. The van der Waals surface area contributed by atoms with Gasteiger partial charge in [0.05, 0.1) is 22.7 Å². The Morgan fingerprint density at radius 3 is 2.21 bits per heavy atom. The first-order chi connectivity index (χ1) is 18.4. The Labute approximate surface area is 221 Å². The number of aromatic nitrogens is 2. The largest absolute Gasteiger partial charge is 0.478 e. The third-order valence-electron chi connectivity index (χ3n) is 6.12. The predicted octanol–water partition coefficient (Wildman–Crippen LogP) is 2.91. The molecule has 39 heavy (non-hydrogen) atoms. The van der Waals surface area contributed by atoms with Crippen LogP contribution in [0, 0.1) is 23.3 Å². The van der Waals surface area contributed by atoms with Crippen molar-refractivity contribution in [2.45, 2.75) is 19.1 Å². The van der Waals surface area contributed by atoms with Gasteiger partial charge in [0.15, 0.2) is 6.61 Å². The molecule has 1 saturated heterocycles. The van der Waals surface area contributed by atoms with Crippen molar-refractivity contribution in [1.29, 1.82) is 0 Å². The summed E-state index contributed by atoms with van der Waals surface area (Å²) in [6.45, 7) is 2.77. The standard InChI is InChI=1S/C25H24F4N4O5S/c1-15(2)39(36,37)32-7-5-31(6-8-32)22-13-30-33(19-10-17(27)9-18(28)11-19)25(35)24(22)38-14-23(34)20-4-3-16(26)12-21(20)29/h3-4,9-13,15H,5-8,14H2,1-2H3. The van der Waals surface area contributed by atoms with E-state index in [0.29, 0.717) is 16.8 Å². The van der Waals surface area contributed by atoms with Crippen molar-refractivity contribution < 1.29 is 35.5 Å². The van der Waals surface area contributed by atoms with Gasteiger partial charge in [0, 0.05) is 38.3 Å². The van der Waals surface area contributed by atoms with Crippen LogP contribution in [-0.2, 0) is 10.0 Å². The molecule has 1 aliphatic rings. The number of ketones is 1. The van der Waals surface area contributed by atoms with Crippen LogP contribution in [0.25, 0.3) is 5.69 Å². The summed E-state index contributed by atoms with van der Waals surface area (Å²) >= 11 is 0. The lowest BCUT2D eigenvalue weighted by molar-refractivity contribution is 0.0916. The summed E-state index contributed by atoms with van der Waals surface area (Å²) in [6, 6.07) is 4.71. The Morgan fingerprint density at radius 2 is 1.62 bits per heavy atom. The van der Waals surface area contributed by atoms with Crippen LogP contribution in [0.2, 0.25) is 0 Å². The third-order valence-corrected chi connectivity index (χ3v) is 8.40. The molecule has 0 saturated carbocycles. The molecule has 0 unspecified atom stereocenters. The Kier molecular flexibility index (Phi) is 8.07. The van der Waals surface area contributed by atoms with Crippen LogP contribution >= 0.6 is 0 Å². The summed E-state index contributed by atoms with van der Waals surface area (Å²) in [6.07, 6.45) is 1.19. The summed E-state index contributed by atoms with van der Waals surface area (Å²) in [5.41, 5.74) is -1.59. The van der Waals surface area contributed by atoms with Crippen LogP contribution in [0.3, 0.4) is 0 Å². The Morgan fingerprint density at radius 1 is 0.974 bits per heavy atom. The summed E-state index contributed by atoms with van der Waals surface area (Å²) in [4.78, 5) is 27.6. The minimum absolute atomic E-state index is 0.0951. The van der Waals surface area contributed by atoms with Gasteiger partial charge >= 0.3 is 5.56 Å². The van der Waals surface area contributed by atoms with Gasteiger partial charge in [-0.1, -0.05) is 0 Å². The number of nitrogens with zero attached hydrogens (tertiary/aromatic N) is 4. The zero-order valence-electron chi connectivity index (χ0n) is 20.9. The predicted molar refractivity (Wildman–Crippen MR) is 134 cm³/mol. The first-order valence-corrected chi connectivity index (χ1v) is 13.3. The van der Waals surface area contributed by atoms with Crippen molar-refractivity contribution in [1.82, 2.24) is 14.1 Å². The number of Topliss-reactive ketones (excluding diaryl/α,β-unsaturated/α-hetero) is 1. The highest BCUT2D eigenvalue weighted by molar-refractivity contribution is 7.89. The minimum Gasteiger partial charge on any atom is -0.478 e. The number of carbonyl (C=O) groups excluding carboxylic acids is 1. The van der Waals surface area contributed by atoms with Gasteiger partial charge in [0.25, 0.3) is 0 Å². The van der Waals surface area contributed by atoms with Gasteiger partial charge in [-0.15, -0.1) is 0 Å². The quantitative estimate of drug-likeness (QED) is 0.304. The molecule has 14 heteroatoms. The molecule has 0 spiro atoms. The maximum Gasteiger partial charge on any atom is 0.316 e. The summed E-state index contributed by atoms with van der Waals surface area (Å²) in [5, 5.41) is 3.38. The summed E-state index contributed by atoms with van der Waals surface area (Å²) in [7, 11) is -3.52. The van der Waals surface area contributed by atoms with Crippen LogP contribution in [0.5, 0.6) is 5.75 Å². The van der Waals surface area contributed by atoms with Crippen LogP contribution in [0.1, 0.15) is 24.2 Å². The smallest absolute Gasteiger partial charge is 0.316 e. The van der Waals surface area contributed by atoms with Crippen LogP contribution in [0.4, 0.5) is 23.2 Å². The van der Waals surface area contributed by atoms with E-state index in [-0.39, 0.29) is 37.6 Å². The van der Waals surface area contributed by atoms with Crippen LogP contribution in [-0.4, -0.2) is 66.3 Å². The molecule has 1 aromatic heterocycles. The van der Waals surface area contributed by atoms with E-state index in [9.17, 15) is 35.6 Å². The second kappa shape index (κ2) is 11.1. The van der Waals surface area contributed by atoms with Crippen molar-refractivity contribution in [3.8, 4) is 11.4 Å². The van der Waals surface area contributed by atoms with Gasteiger partial charge in [-0.2, -0.15) is 14.1 Å². The second-order valence-corrected chi connectivity index (χ2v) is 11.5. The molecule has 2 aromatic carbocycles. The molecule has 9 nitrogen and oxygen atoms in total. The van der Waals surface area contributed by atoms with E-state index < -0.39 is 67.8 Å². The van der Waals surface area contributed by atoms with Crippen LogP contribution in [0.15, 0.2) is 47.4 Å². The molecule has 1 fully saturated rings. The van der Waals surface area contributed by atoms with Crippen molar-refractivity contribution in [3.05, 3.63) is 81.8 Å². The molecule has 0 N–H and O–H groups in total. The maximum atomic E-state index is 14.1. The number of sulfonamides is 1. The lowest BCUT2D eigenvalue weighted by Gasteiger charge is -2.36. The van der Waals surface area contributed by atoms with Crippen molar-refractivity contribution in [3.63, 3.8) is 0 Å². The van der Waals surface area contributed by atoms with E-state index in [1.165, 1.54) is 10.5 Å². The highest BCUT2D eigenvalue weighted by Gasteiger charge is 2.31. The molecule has 1 aliphatic heterocycles. The fourth-order valence-electron chi connectivity index (χ4n) is 4.05. The molecule has 3 aromatic rings. The lowest BCUT2D eigenvalue weighted by atomic mass is 10.1. The summed E-state index contributed by atoms with van der Waals surface area (Å²) in [5.74, 6) is -5.25. The molecule has 0 bridgehead atoms. The molecular weight excluding hydrogens is 544 g/mol. The minimum atomic E-state index is -3.52. The van der Waals surface area contributed by atoms with Crippen molar-refractivity contribution >= 4 is 21.5 Å². The van der Waals surface area contributed by atoms with E-state index in [4.69, 9.17) is 4.74 Å². The normalized spacial score (nSPS) is 14.6. The van der Waals surface area contributed by atoms with E-state index in [2.05, 4.69) is 5.10 Å². The number of halogens is 4. The lowest BCUT2D eigenvalue weighted by Crippen LogP contribution is -2.50. The average molecular weight is 569 g/mol. The Bertz CT molecular complexity index is 1550. The number of anilines is 1. The number of benzene rings is 2. The molecule has 0 amide bonds. The third kappa shape index (κ3) is 5.96. The number of hydrogen-bond acceptors (Lipinski definition) is 7. The van der Waals surface area contributed by atoms with E-state index >= 15 is 0 Å². The fraction of sp³-hybridized carbons (Fsp3) is 0.320. The van der Waals surface area contributed by atoms with Crippen LogP contribution < -0.4 is 15.2 Å². The van der Waals surface area contributed by atoms with Gasteiger partial charge in [-0.3, -0.25) is 9.59 Å². The highest BCUT2D eigenvalue weighted by Crippen LogP contribution is 2.27. The molecule has 0 atom stereocenters. The Hall–Kier alpha value is -3.78. The topological polar surface area (TPSA) is 102 Å². The van der Waals surface area contributed by atoms with E-state index in [1.54, 1.807) is 18.7 Å². The number of piperazine rings is 1. The highest BCUT2D eigenvalue weighted by atomic mass is 32.2. The zero-order chi connectivity index (χ0) is 28.5. The number of carbonyl (C=O) groups is 1. The molecule has 0 radical (unpaired) electrons. The van der Waals surface area contributed by atoms with E-state index in [0.717, 1.165) is 24.3 Å². The molecule has 2 heterocycles. The van der Waals surface area contributed by atoms with Crippen molar-refractivity contribution in [2.24, 2.45) is 0 Å². The number of hydrogen-bond donors (Lipinski definition) is 0. The van der Waals surface area contributed by atoms with Gasteiger partial charge in [0.2, 0.25) is 21.6 Å². The number of rotatable bonds is 8. The SMILES string of the molecule is CC(C)S(=O)(=O)N1CCN(c2cnn(-c3cc(F)cc(F)c3)c(=O)c2OCC(=O)c2ccc(F)cc2F)CC1. The van der Waals surface area contributed by atoms with Crippen molar-refractivity contribution in [2.75, 3.05) is 37.7 Å². The van der Waals surface area contributed by atoms with E-state index in [1.807, 2.05) is 0 Å². The second-order valence-electron chi connectivity index (χ2n) is 9.02. The monoisotopic (exact) mass is 568 g/mol. The average Bonchev–Trinajstić information content (AvgIpc) is 2.87. The molecule has 0 aliphatic carbocycles. The molecule has 208 valence electrons. The summed E-state index contributed by atoms with van der Waals surface area (Å²) < 4.78 is 87.6. The van der Waals surface area contributed by atoms with Gasteiger partial charge in [-0.25, -0.2) is 26.0 Å². The van der Waals surface area contributed by atoms with Gasteiger partial charge in [-0.05, 0) is 38.1 Å². The maximum absolute atomic E-state index is 14.1. The zero-order valence-corrected chi connectivity index (χ0v) is 21.7. The van der Waals surface area contributed by atoms with Gasteiger partial charge in [0.1, 0.15) is 29.0 Å². The Balaban J connectivity index is 1.68. The number of ether oxygens (including phenoxy) is 1.